The predicted molar refractivity (Wildman–Crippen MR) is 68.3 cm³/mol. The molecule has 1 fully saturated rings. The molecule has 0 aromatic heterocycles. The molecule has 0 bridgehead atoms. The summed E-state index contributed by atoms with van der Waals surface area (Å²) in [5.41, 5.74) is 2.00. The van der Waals surface area contributed by atoms with Gasteiger partial charge in [0.1, 0.15) is 0 Å². The van der Waals surface area contributed by atoms with Crippen molar-refractivity contribution in [2.75, 3.05) is 6.61 Å². The minimum Gasteiger partial charge on any atom is -0.378 e. The third-order valence-corrected chi connectivity index (χ3v) is 3.41. The second-order valence-corrected chi connectivity index (χ2v) is 4.91. The molecule has 0 spiro atoms. The average Bonchev–Trinajstić information content (AvgIpc) is 2.26. The fraction of sp³-hybridized carbons (Fsp3) is 0.533. The number of carbonyl (C=O) groups excluding carboxylic acids is 1. The molecule has 0 atom stereocenters. The van der Waals surface area contributed by atoms with Crippen LogP contribution in [0.5, 0.6) is 0 Å². The van der Waals surface area contributed by atoms with E-state index in [1.165, 1.54) is 0 Å². The molecule has 2 nitrogen and oxygen atoms in total. The minimum atomic E-state index is 0.272. The molecular formula is C15H20O2. The van der Waals surface area contributed by atoms with Crippen LogP contribution >= 0.6 is 0 Å². The number of aryl methyl sites for hydroxylation is 1. The second-order valence-electron chi connectivity index (χ2n) is 4.91. The van der Waals surface area contributed by atoms with Crippen molar-refractivity contribution in [2.24, 2.45) is 5.92 Å². The Bertz CT molecular complexity index is 392. The number of carbonyl (C=O) groups is 1. The molecule has 0 amide bonds. The van der Waals surface area contributed by atoms with Crippen molar-refractivity contribution in [3.05, 3.63) is 35.4 Å². The standard InChI is InChI=1S/C15H20O2/c1-3-17-14-8-12(9-14)10-15(16)13-6-4-5-11(2)7-13/h4-7,12,14H,3,8-10H2,1-2H3. The van der Waals surface area contributed by atoms with Crippen LogP contribution in [-0.2, 0) is 4.74 Å². The number of ether oxygens (including phenoxy) is 1. The summed E-state index contributed by atoms with van der Waals surface area (Å²) in [6, 6.07) is 7.85. The van der Waals surface area contributed by atoms with Gasteiger partial charge in [-0.2, -0.15) is 0 Å². The van der Waals surface area contributed by atoms with Crippen LogP contribution in [0.2, 0.25) is 0 Å². The summed E-state index contributed by atoms with van der Waals surface area (Å²) in [6.45, 7) is 4.82. The van der Waals surface area contributed by atoms with E-state index in [1.807, 2.05) is 38.1 Å². The molecule has 2 heteroatoms. The molecule has 2 rings (SSSR count). The summed E-state index contributed by atoms with van der Waals surface area (Å²) in [5, 5.41) is 0. The fourth-order valence-corrected chi connectivity index (χ4v) is 2.41. The van der Waals surface area contributed by atoms with Crippen molar-refractivity contribution < 1.29 is 9.53 Å². The van der Waals surface area contributed by atoms with Crippen molar-refractivity contribution in [2.45, 2.75) is 39.2 Å². The lowest BCUT2D eigenvalue weighted by atomic mass is 9.78. The summed E-state index contributed by atoms with van der Waals surface area (Å²) < 4.78 is 5.50. The molecule has 0 saturated heterocycles. The van der Waals surface area contributed by atoms with Crippen molar-refractivity contribution in [3.63, 3.8) is 0 Å². The summed E-state index contributed by atoms with van der Waals surface area (Å²) in [4.78, 5) is 12.0. The van der Waals surface area contributed by atoms with Gasteiger partial charge in [0, 0.05) is 18.6 Å². The first-order chi connectivity index (χ1) is 8.19. The molecule has 1 aliphatic rings. The van der Waals surface area contributed by atoms with Crippen molar-refractivity contribution >= 4 is 5.78 Å². The molecule has 1 saturated carbocycles. The monoisotopic (exact) mass is 232 g/mol. The molecule has 1 aliphatic carbocycles. The topological polar surface area (TPSA) is 26.3 Å². The zero-order valence-corrected chi connectivity index (χ0v) is 10.6. The predicted octanol–water partition coefficient (Wildman–Crippen LogP) is 3.38. The summed E-state index contributed by atoms with van der Waals surface area (Å²) >= 11 is 0. The van der Waals surface area contributed by atoms with Gasteiger partial charge >= 0.3 is 0 Å². The Balaban J connectivity index is 1.83. The van der Waals surface area contributed by atoms with Gasteiger partial charge in [-0.05, 0) is 38.7 Å². The lowest BCUT2D eigenvalue weighted by Gasteiger charge is -2.34. The third-order valence-electron chi connectivity index (χ3n) is 3.41. The quantitative estimate of drug-likeness (QED) is 0.727. The Labute approximate surface area is 103 Å². The number of benzene rings is 1. The van der Waals surface area contributed by atoms with E-state index in [4.69, 9.17) is 4.74 Å². The van der Waals surface area contributed by atoms with Crippen molar-refractivity contribution in [3.8, 4) is 0 Å². The molecule has 0 N–H and O–H groups in total. The van der Waals surface area contributed by atoms with E-state index in [0.717, 1.165) is 30.6 Å². The molecule has 92 valence electrons. The lowest BCUT2D eigenvalue weighted by molar-refractivity contribution is -0.0246. The van der Waals surface area contributed by atoms with Gasteiger partial charge in [0.25, 0.3) is 0 Å². The van der Waals surface area contributed by atoms with Crippen LogP contribution in [0.15, 0.2) is 24.3 Å². The lowest BCUT2D eigenvalue weighted by Crippen LogP contribution is -2.32. The maximum Gasteiger partial charge on any atom is 0.163 e. The molecule has 1 aromatic carbocycles. The van der Waals surface area contributed by atoms with Gasteiger partial charge in [-0.1, -0.05) is 23.8 Å². The van der Waals surface area contributed by atoms with E-state index in [2.05, 4.69) is 0 Å². The smallest absolute Gasteiger partial charge is 0.163 e. The van der Waals surface area contributed by atoms with E-state index in [9.17, 15) is 4.79 Å². The molecule has 17 heavy (non-hydrogen) atoms. The summed E-state index contributed by atoms with van der Waals surface area (Å²) in [7, 11) is 0. The molecule has 0 aliphatic heterocycles. The van der Waals surface area contributed by atoms with Crippen molar-refractivity contribution in [1.29, 1.82) is 0 Å². The second kappa shape index (κ2) is 5.46. The van der Waals surface area contributed by atoms with E-state index in [1.54, 1.807) is 0 Å². The Morgan fingerprint density at radius 3 is 2.82 bits per heavy atom. The molecule has 1 aromatic rings. The maximum atomic E-state index is 12.0. The Morgan fingerprint density at radius 1 is 1.41 bits per heavy atom. The number of Topliss-reactive ketones (excluding diaryl/α,β-unsaturated/α-hetero) is 1. The zero-order valence-electron chi connectivity index (χ0n) is 10.6. The summed E-state index contributed by atoms with van der Waals surface area (Å²) in [5.74, 6) is 0.799. The third kappa shape index (κ3) is 3.16. The number of rotatable bonds is 5. The minimum absolute atomic E-state index is 0.272. The SMILES string of the molecule is CCOC1CC(CC(=O)c2cccc(C)c2)C1. The van der Waals surface area contributed by atoms with Crippen LogP contribution in [0, 0.1) is 12.8 Å². The highest BCUT2D eigenvalue weighted by molar-refractivity contribution is 5.96. The Kier molecular flexibility index (Phi) is 3.95. The number of ketones is 1. The van der Waals surface area contributed by atoms with Crippen LogP contribution < -0.4 is 0 Å². The Morgan fingerprint density at radius 2 is 2.18 bits per heavy atom. The molecular weight excluding hydrogens is 212 g/mol. The number of hydrogen-bond acceptors (Lipinski definition) is 2. The van der Waals surface area contributed by atoms with Gasteiger partial charge in [-0.25, -0.2) is 0 Å². The van der Waals surface area contributed by atoms with Gasteiger partial charge in [0.05, 0.1) is 6.10 Å². The largest absolute Gasteiger partial charge is 0.378 e. The normalized spacial score (nSPS) is 23.2. The van der Waals surface area contributed by atoms with Crippen LogP contribution in [-0.4, -0.2) is 18.5 Å². The van der Waals surface area contributed by atoms with E-state index in [0.29, 0.717) is 18.4 Å². The first-order valence-corrected chi connectivity index (χ1v) is 6.40. The van der Waals surface area contributed by atoms with Gasteiger partial charge in [-0.15, -0.1) is 0 Å². The van der Waals surface area contributed by atoms with E-state index < -0.39 is 0 Å². The molecule has 0 unspecified atom stereocenters. The molecule has 0 heterocycles. The molecule has 0 radical (unpaired) electrons. The average molecular weight is 232 g/mol. The van der Waals surface area contributed by atoms with Gasteiger partial charge in [0.2, 0.25) is 0 Å². The highest BCUT2D eigenvalue weighted by Crippen LogP contribution is 2.33. The highest BCUT2D eigenvalue weighted by Gasteiger charge is 2.31. The van der Waals surface area contributed by atoms with E-state index in [-0.39, 0.29) is 5.78 Å². The van der Waals surface area contributed by atoms with E-state index >= 15 is 0 Å². The number of hydrogen-bond donors (Lipinski definition) is 0. The first-order valence-electron chi connectivity index (χ1n) is 6.40. The van der Waals surface area contributed by atoms with Crippen LogP contribution in [0.3, 0.4) is 0 Å². The highest BCUT2D eigenvalue weighted by atomic mass is 16.5. The summed E-state index contributed by atoms with van der Waals surface area (Å²) in [6.07, 6.45) is 3.17. The van der Waals surface area contributed by atoms with Crippen molar-refractivity contribution in [1.82, 2.24) is 0 Å². The fourth-order valence-electron chi connectivity index (χ4n) is 2.41. The first kappa shape index (κ1) is 12.3. The van der Waals surface area contributed by atoms with Crippen LogP contribution in [0.25, 0.3) is 0 Å². The van der Waals surface area contributed by atoms with Gasteiger partial charge < -0.3 is 4.74 Å². The van der Waals surface area contributed by atoms with Crippen LogP contribution in [0.4, 0.5) is 0 Å². The van der Waals surface area contributed by atoms with Crippen LogP contribution in [0.1, 0.15) is 42.1 Å². The maximum absolute atomic E-state index is 12.0. The Hall–Kier alpha value is -1.15. The zero-order chi connectivity index (χ0) is 12.3. The van der Waals surface area contributed by atoms with Gasteiger partial charge in [0.15, 0.2) is 5.78 Å². The van der Waals surface area contributed by atoms with Gasteiger partial charge in [-0.3, -0.25) is 4.79 Å².